The number of hydrogen-bond donors (Lipinski definition) is 0. The number of rotatable bonds is 3. The van der Waals surface area contributed by atoms with Crippen LogP contribution in [-0.2, 0) is 10.2 Å². The molecule has 0 N–H and O–H groups in total. The van der Waals surface area contributed by atoms with Gasteiger partial charge in [-0.1, -0.05) is 30.2 Å². The van der Waals surface area contributed by atoms with Crippen molar-refractivity contribution in [2.45, 2.75) is 43.6 Å². The molecule has 1 aliphatic carbocycles. The third-order valence-electron chi connectivity index (χ3n) is 5.51. The van der Waals surface area contributed by atoms with Gasteiger partial charge in [0, 0.05) is 18.1 Å². The fourth-order valence-electron chi connectivity index (χ4n) is 3.99. The number of halogens is 1. The molecular weight excluding hydrogens is 324 g/mol. The number of likely N-dealkylation sites (tertiary alicyclic amines) is 1. The predicted molar refractivity (Wildman–Crippen MR) is 91.9 cm³/mol. The normalized spacial score (nSPS) is 22.9. The maximum Gasteiger partial charge on any atom is 0.233 e. The van der Waals surface area contributed by atoms with Crippen LogP contribution < -0.4 is 0 Å². The third kappa shape index (κ3) is 2.61. The lowest BCUT2D eigenvalue weighted by atomic mass is 9.63. The molecule has 1 aliphatic heterocycles. The second-order valence-corrected chi connectivity index (χ2v) is 7.30. The van der Waals surface area contributed by atoms with Crippen LogP contribution in [0.1, 0.15) is 43.7 Å². The van der Waals surface area contributed by atoms with Gasteiger partial charge >= 0.3 is 0 Å². The summed E-state index contributed by atoms with van der Waals surface area (Å²) in [6, 6.07) is 8.03. The van der Waals surface area contributed by atoms with Crippen LogP contribution >= 0.6 is 11.6 Å². The highest BCUT2D eigenvalue weighted by Gasteiger charge is 2.48. The third-order valence-corrected chi connectivity index (χ3v) is 5.76. The zero-order chi connectivity index (χ0) is 16.6. The van der Waals surface area contributed by atoms with Gasteiger partial charge in [-0.05, 0) is 43.4 Å². The molecule has 126 valence electrons. The van der Waals surface area contributed by atoms with Crippen LogP contribution in [0.3, 0.4) is 0 Å². The lowest BCUT2D eigenvalue weighted by molar-refractivity contribution is -0.142. The molecule has 2 fully saturated rings. The van der Waals surface area contributed by atoms with E-state index in [1.165, 1.54) is 0 Å². The summed E-state index contributed by atoms with van der Waals surface area (Å²) in [6.45, 7) is 1.55. The lowest BCUT2D eigenvalue weighted by Gasteiger charge is -2.46. The molecule has 2 aromatic rings. The predicted octanol–water partition coefficient (Wildman–Crippen LogP) is 3.22. The maximum atomic E-state index is 13.4. The number of piperidine rings is 1. The van der Waals surface area contributed by atoms with E-state index in [1.54, 1.807) is 12.7 Å². The Morgan fingerprint density at radius 2 is 2.00 bits per heavy atom. The Kier molecular flexibility index (Phi) is 4.04. The minimum atomic E-state index is -0.352. The summed E-state index contributed by atoms with van der Waals surface area (Å²) in [5.41, 5.74) is 0.750. The van der Waals surface area contributed by atoms with Crippen molar-refractivity contribution in [3.63, 3.8) is 0 Å². The number of carbonyl (C=O) groups excluding carboxylic acids is 1. The average Bonchev–Trinajstić information content (AvgIpc) is 3.10. The summed E-state index contributed by atoms with van der Waals surface area (Å²) in [5, 5.41) is 4.96. The second kappa shape index (κ2) is 6.20. The molecule has 1 saturated carbocycles. The van der Waals surface area contributed by atoms with Gasteiger partial charge in [-0.2, -0.15) is 5.10 Å². The van der Waals surface area contributed by atoms with Crippen molar-refractivity contribution < 1.29 is 4.79 Å². The van der Waals surface area contributed by atoms with Crippen LogP contribution in [0.4, 0.5) is 0 Å². The summed E-state index contributed by atoms with van der Waals surface area (Å²) in [5.74, 6) is 0.265. The zero-order valence-corrected chi connectivity index (χ0v) is 14.3. The van der Waals surface area contributed by atoms with E-state index in [4.69, 9.17) is 11.6 Å². The lowest BCUT2D eigenvalue weighted by Crippen LogP contribution is -2.53. The number of nitrogens with zero attached hydrogens (tertiary/aromatic N) is 4. The van der Waals surface area contributed by atoms with Gasteiger partial charge in [-0.15, -0.1) is 0 Å². The van der Waals surface area contributed by atoms with Gasteiger partial charge in [-0.3, -0.25) is 4.79 Å². The van der Waals surface area contributed by atoms with Crippen molar-refractivity contribution in [2.24, 2.45) is 0 Å². The number of carbonyl (C=O) groups is 1. The largest absolute Gasteiger partial charge is 0.340 e. The summed E-state index contributed by atoms with van der Waals surface area (Å²) in [7, 11) is 0. The van der Waals surface area contributed by atoms with Gasteiger partial charge in [0.15, 0.2) is 0 Å². The average molecular weight is 345 g/mol. The van der Waals surface area contributed by atoms with Gasteiger partial charge in [0.2, 0.25) is 5.91 Å². The molecule has 1 atom stereocenters. The van der Waals surface area contributed by atoms with Crippen LogP contribution in [0.2, 0.25) is 5.02 Å². The molecule has 2 aliphatic rings. The van der Waals surface area contributed by atoms with Gasteiger partial charge in [0.05, 0.1) is 11.5 Å². The molecule has 4 rings (SSSR count). The molecule has 1 aromatic heterocycles. The van der Waals surface area contributed by atoms with Crippen LogP contribution in [0.15, 0.2) is 36.9 Å². The highest BCUT2D eigenvalue weighted by atomic mass is 35.5. The first-order chi connectivity index (χ1) is 11.7. The first kappa shape index (κ1) is 15.6. The summed E-state index contributed by atoms with van der Waals surface area (Å²) < 4.78 is 1.88. The molecule has 24 heavy (non-hydrogen) atoms. The molecule has 2 heterocycles. The van der Waals surface area contributed by atoms with E-state index in [-0.39, 0.29) is 17.4 Å². The molecule has 0 spiro atoms. The molecular formula is C18H21ClN4O. The first-order valence-electron chi connectivity index (χ1n) is 8.59. The molecule has 1 aromatic carbocycles. The van der Waals surface area contributed by atoms with Gasteiger partial charge in [0.25, 0.3) is 0 Å². The number of aromatic nitrogens is 3. The van der Waals surface area contributed by atoms with E-state index < -0.39 is 0 Å². The summed E-state index contributed by atoms with van der Waals surface area (Å²) >= 11 is 6.02. The number of amides is 1. The van der Waals surface area contributed by atoms with E-state index in [0.29, 0.717) is 5.02 Å². The van der Waals surface area contributed by atoms with Crippen molar-refractivity contribution in [3.8, 4) is 0 Å². The Labute approximate surface area is 146 Å². The number of benzene rings is 1. The fourth-order valence-corrected chi connectivity index (χ4v) is 4.11. The molecule has 0 radical (unpaired) electrons. The molecule has 1 saturated heterocycles. The molecule has 0 unspecified atom stereocenters. The Morgan fingerprint density at radius 3 is 2.62 bits per heavy atom. The zero-order valence-electron chi connectivity index (χ0n) is 13.6. The van der Waals surface area contributed by atoms with Crippen LogP contribution in [0, 0.1) is 0 Å². The fraction of sp³-hybridized carbons (Fsp3) is 0.500. The minimum Gasteiger partial charge on any atom is -0.340 e. The van der Waals surface area contributed by atoms with Crippen LogP contribution in [-0.4, -0.2) is 38.7 Å². The standard InChI is InChI=1S/C18H21ClN4O/c19-15-6-4-14(5-7-15)18(8-2-9-18)17(24)22-10-1-3-16(11-22)23-13-20-12-21-23/h4-7,12-13,16H,1-3,8-11H2/t16-/m1/s1. The van der Waals surface area contributed by atoms with E-state index in [1.807, 2.05) is 33.8 Å². The molecule has 5 nitrogen and oxygen atoms in total. The van der Waals surface area contributed by atoms with Gasteiger partial charge in [0.1, 0.15) is 12.7 Å². The minimum absolute atomic E-state index is 0.229. The van der Waals surface area contributed by atoms with E-state index in [0.717, 1.165) is 50.8 Å². The van der Waals surface area contributed by atoms with Crippen molar-refractivity contribution >= 4 is 17.5 Å². The van der Waals surface area contributed by atoms with E-state index in [2.05, 4.69) is 10.1 Å². The monoisotopic (exact) mass is 344 g/mol. The molecule has 1 amide bonds. The van der Waals surface area contributed by atoms with Crippen LogP contribution in [0.25, 0.3) is 0 Å². The number of hydrogen-bond acceptors (Lipinski definition) is 3. The smallest absolute Gasteiger partial charge is 0.233 e. The maximum absolute atomic E-state index is 13.4. The SMILES string of the molecule is O=C(N1CCC[C@@H](n2cncn2)C1)C1(c2ccc(Cl)cc2)CCC1. The van der Waals surface area contributed by atoms with E-state index >= 15 is 0 Å². The van der Waals surface area contributed by atoms with Crippen molar-refractivity contribution in [2.75, 3.05) is 13.1 Å². The second-order valence-electron chi connectivity index (χ2n) is 6.87. The Hall–Kier alpha value is -1.88. The van der Waals surface area contributed by atoms with Gasteiger partial charge in [-0.25, -0.2) is 9.67 Å². The molecule has 0 bridgehead atoms. The highest BCUT2D eigenvalue weighted by molar-refractivity contribution is 6.30. The van der Waals surface area contributed by atoms with Crippen molar-refractivity contribution in [1.29, 1.82) is 0 Å². The first-order valence-corrected chi connectivity index (χ1v) is 8.96. The highest BCUT2D eigenvalue weighted by Crippen LogP contribution is 2.46. The summed E-state index contributed by atoms with van der Waals surface area (Å²) in [4.78, 5) is 19.4. The quantitative estimate of drug-likeness (QED) is 0.859. The van der Waals surface area contributed by atoms with E-state index in [9.17, 15) is 4.79 Å². The Bertz CT molecular complexity index is 709. The summed E-state index contributed by atoms with van der Waals surface area (Å²) in [6.07, 6.45) is 8.32. The Morgan fingerprint density at radius 1 is 1.21 bits per heavy atom. The van der Waals surface area contributed by atoms with Crippen molar-refractivity contribution in [3.05, 3.63) is 47.5 Å². The molecule has 6 heteroatoms. The van der Waals surface area contributed by atoms with Gasteiger partial charge < -0.3 is 4.90 Å². The van der Waals surface area contributed by atoms with Crippen LogP contribution in [0.5, 0.6) is 0 Å². The topological polar surface area (TPSA) is 51.0 Å². The Balaban J connectivity index is 1.56. The van der Waals surface area contributed by atoms with Crippen molar-refractivity contribution in [1.82, 2.24) is 19.7 Å².